The van der Waals surface area contributed by atoms with Gasteiger partial charge in [0.2, 0.25) is 5.89 Å². The predicted octanol–water partition coefficient (Wildman–Crippen LogP) is 4.10. The monoisotopic (exact) mass is 311 g/mol. The molecule has 3 rings (SSSR count). The summed E-state index contributed by atoms with van der Waals surface area (Å²) in [6.07, 6.45) is 1.59. The van der Waals surface area contributed by atoms with Crippen molar-refractivity contribution in [2.75, 3.05) is 0 Å². The third kappa shape index (κ3) is 3.71. The number of oxazole rings is 1. The summed E-state index contributed by atoms with van der Waals surface area (Å²) in [6, 6.07) is 17.8. The summed E-state index contributed by atoms with van der Waals surface area (Å²) in [5.41, 5.74) is 3.94. The van der Waals surface area contributed by atoms with E-state index in [0.717, 1.165) is 16.8 Å². The third-order valence-electron chi connectivity index (χ3n) is 3.33. The van der Waals surface area contributed by atoms with E-state index in [1.54, 1.807) is 6.26 Å². The maximum atomic E-state index is 12.2. The largest absolute Gasteiger partial charge is 0.444 e. The van der Waals surface area contributed by atoms with Gasteiger partial charge >= 0.3 is 0 Å². The zero-order valence-corrected chi connectivity index (χ0v) is 13.2. The van der Waals surface area contributed by atoms with Crippen LogP contribution in [-0.4, -0.2) is 9.19 Å². The normalized spacial score (nSPS) is 12.2. The van der Waals surface area contributed by atoms with Crippen molar-refractivity contribution < 1.29 is 8.63 Å². The molecule has 0 bridgehead atoms. The van der Waals surface area contributed by atoms with Gasteiger partial charge in [0.25, 0.3) is 0 Å². The molecule has 0 aliphatic rings. The fourth-order valence-electron chi connectivity index (χ4n) is 2.17. The minimum absolute atomic E-state index is 0.407. The minimum Gasteiger partial charge on any atom is -0.444 e. The van der Waals surface area contributed by atoms with Gasteiger partial charge in [-0.05, 0) is 24.6 Å². The summed E-state index contributed by atoms with van der Waals surface area (Å²) in [5, 5.41) is 0. The van der Waals surface area contributed by atoms with E-state index in [-0.39, 0.29) is 0 Å². The van der Waals surface area contributed by atoms with Crippen molar-refractivity contribution in [1.29, 1.82) is 0 Å². The van der Waals surface area contributed by atoms with Gasteiger partial charge in [-0.1, -0.05) is 48.0 Å². The van der Waals surface area contributed by atoms with Crippen LogP contribution < -0.4 is 0 Å². The van der Waals surface area contributed by atoms with Crippen LogP contribution in [0.15, 0.2) is 65.3 Å². The molecule has 4 heteroatoms. The van der Waals surface area contributed by atoms with Gasteiger partial charge < -0.3 is 4.42 Å². The van der Waals surface area contributed by atoms with Crippen molar-refractivity contribution in [1.82, 2.24) is 4.98 Å². The highest BCUT2D eigenvalue weighted by molar-refractivity contribution is 7.83. The Morgan fingerprint density at radius 1 is 1.00 bits per heavy atom. The number of benzene rings is 2. The molecule has 0 N–H and O–H groups in total. The average Bonchev–Trinajstić information content (AvgIpc) is 2.99. The Bertz CT molecular complexity index is 763. The third-order valence-corrected chi connectivity index (χ3v) is 4.60. The van der Waals surface area contributed by atoms with Crippen LogP contribution in [0.3, 0.4) is 0 Å². The average molecular weight is 311 g/mol. The summed E-state index contributed by atoms with van der Waals surface area (Å²) in [4.78, 5) is 4.42. The summed E-state index contributed by atoms with van der Waals surface area (Å²) < 4.78 is 17.7. The number of aryl methyl sites for hydroxylation is 1. The molecule has 3 nitrogen and oxygen atoms in total. The molecule has 3 aromatic rings. The Morgan fingerprint density at radius 2 is 1.73 bits per heavy atom. The van der Waals surface area contributed by atoms with Crippen LogP contribution in [0.25, 0.3) is 11.5 Å². The van der Waals surface area contributed by atoms with Gasteiger partial charge in [0.05, 0.1) is 11.4 Å². The number of rotatable bonds is 5. The minimum atomic E-state index is -0.994. The van der Waals surface area contributed by atoms with E-state index in [1.165, 1.54) is 5.56 Å². The highest BCUT2D eigenvalue weighted by Gasteiger charge is 2.10. The standard InChI is InChI=1S/C18H17NO2S/c1-14-7-9-15(10-8-14)12-22(20)13-17-11-21-18(19-17)16-5-3-2-4-6-16/h2-11H,12-13H2,1H3. The molecule has 0 aliphatic heterocycles. The van der Waals surface area contributed by atoms with Crippen molar-refractivity contribution in [2.24, 2.45) is 0 Å². The molecule has 0 fully saturated rings. The molecule has 0 saturated heterocycles. The molecular formula is C18H17NO2S. The van der Waals surface area contributed by atoms with Crippen molar-refractivity contribution in [3.63, 3.8) is 0 Å². The van der Waals surface area contributed by atoms with Crippen molar-refractivity contribution in [2.45, 2.75) is 18.4 Å². The first-order chi connectivity index (χ1) is 10.7. The molecule has 1 aromatic heterocycles. The Labute approximate surface area is 132 Å². The first kappa shape index (κ1) is 14.7. The van der Waals surface area contributed by atoms with Gasteiger partial charge in [0.1, 0.15) is 6.26 Å². The van der Waals surface area contributed by atoms with Crippen molar-refractivity contribution in [3.05, 3.63) is 77.7 Å². The first-order valence-electron chi connectivity index (χ1n) is 7.11. The number of hydrogen-bond acceptors (Lipinski definition) is 3. The van der Waals surface area contributed by atoms with Crippen LogP contribution in [0.5, 0.6) is 0 Å². The van der Waals surface area contributed by atoms with E-state index < -0.39 is 10.8 Å². The van der Waals surface area contributed by atoms with E-state index in [2.05, 4.69) is 4.98 Å². The molecule has 1 heterocycles. The van der Waals surface area contributed by atoms with Gasteiger partial charge in [-0.25, -0.2) is 4.98 Å². The fraction of sp³-hybridized carbons (Fsp3) is 0.167. The maximum absolute atomic E-state index is 12.2. The van der Waals surface area contributed by atoms with Gasteiger partial charge in [-0.15, -0.1) is 0 Å². The van der Waals surface area contributed by atoms with Crippen LogP contribution in [0.4, 0.5) is 0 Å². The number of aromatic nitrogens is 1. The quantitative estimate of drug-likeness (QED) is 0.712. The molecule has 0 saturated carbocycles. The van der Waals surface area contributed by atoms with E-state index in [0.29, 0.717) is 17.4 Å². The number of hydrogen-bond donors (Lipinski definition) is 0. The second kappa shape index (κ2) is 6.71. The molecule has 1 atom stereocenters. The topological polar surface area (TPSA) is 43.1 Å². The summed E-state index contributed by atoms with van der Waals surface area (Å²) in [7, 11) is -0.994. The predicted molar refractivity (Wildman–Crippen MR) is 88.7 cm³/mol. The Morgan fingerprint density at radius 3 is 2.45 bits per heavy atom. The lowest BCUT2D eigenvalue weighted by molar-refractivity contribution is 0.573. The van der Waals surface area contributed by atoms with E-state index in [4.69, 9.17) is 4.42 Å². The summed E-state index contributed by atoms with van der Waals surface area (Å²) in [5.74, 6) is 1.51. The maximum Gasteiger partial charge on any atom is 0.226 e. The van der Waals surface area contributed by atoms with Crippen LogP contribution in [0, 0.1) is 6.92 Å². The highest BCUT2D eigenvalue weighted by atomic mass is 32.2. The molecule has 2 aromatic carbocycles. The first-order valence-corrected chi connectivity index (χ1v) is 8.60. The highest BCUT2D eigenvalue weighted by Crippen LogP contribution is 2.19. The zero-order chi connectivity index (χ0) is 15.4. The smallest absolute Gasteiger partial charge is 0.226 e. The second-order valence-electron chi connectivity index (χ2n) is 5.22. The molecule has 0 spiro atoms. The Balaban J connectivity index is 1.65. The molecule has 1 unspecified atom stereocenters. The number of nitrogens with zero attached hydrogens (tertiary/aromatic N) is 1. The van der Waals surface area contributed by atoms with Crippen LogP contribution in [-0.2, 0) is 22.3 Å². The van der Waals surface area contributed by atoms with Crippen molar-refractivity contribution >= 4 is 10.8 Å². The second-order valence-corrected chi connectivity index (χ2v) is 6.68. The molecule has 22 heavy (non-hydrogen) atoms. The lowest BCUT2D eigenvalue weighted by Gasteiger charge is -2.01. The van der Waals surface area contributed by atoms with Crippen molar-refractivity contribution in [3.8, 4) is 11.5 Å². The van der Waals surface area contributed by atoms with E-state index >= 15 is 0 Å². The van der Waals surface area contributed by atoms with Gasteiger partial charge in [-0.2, -0.15) is 0 Å². The molecule has 0 radical (unpaired) electrons. The van der Waals surface area contributed by atoms with E-state index in [1.807, 2.05) is 61.5 Å². The SMILES string of the molecule is Cc1ccc(CS(=O)Cc2coc(-c3ccccc3)n2)cc1. The molecule has 0 aliphatic carbocycles. The van der Waals surface area contributed by atoms with Crippen LogP contribution in [0.1, 0.15) is 16.8 Å². The van der Waals surface area contributed by atoms with Gasteiger partial charge in [-0.3, -0.25) is 4.21 Å². The summed E-state index contributed by atoms with van der Waals surface area (Å²) in [6.45, 7) is 2.04. The Hall–Kier alpha value is -2.20. The van der Waals surface area contributed by atoms with Gasteiger partial charge in [0.15, 0.2) is 0 Å². The van der Waals surface area contributed by atoms with E-state index in [9.17, 15) is 4.21 Å². The lowest BCUT2D eigenvalue weighted by atomic mass is 10.2. The molecule has 112 valence electrons. The fourth-order valence-corrected chi connectivity index (χ4v) is 3.30. The Kier molecular flexibility index (Phi) is 4.49. The lowest BCUT2D eigenvalue weighted by Crippen LogP contribution is -2.00. The zero-order valence-electron chi connectivity index (χ0n) is 12.4. The van der Waals surface area contributed by atoms with Crippen LogP contribution in [0.2, 0.25) is 0 Å². The molecular weight excluding hydrogens is 294 g/mol. The van der Waals surface area contributed by atoms with Gasteiger partial charge in [0, 0.05) is 22.1 Å². The van der Waals surface area contributed by atoms with Crippen LogP contribution >= 0.6 is 0 Å². The molecule has 0 amide bonds. The summed E-state index contributed by atoms with van der Waals surface area (Å²) >= 11 is 0.